The lowest BCUT2D eigenvalue weighted by Crippen LogP contribution is -2.29. The number of carboxylic acid groups (broad SMARTS) is 1. The van der Waals surface area contributed by atoms with E-state index < -0.39 is 60.1 Å². The third-order valence-electron chi connectivity index (χ3n) is 13.9. The van der Waals surface area contributed by atoms with Crippen molar-refractivity contribution in [2.75, 3.05) is 30.1 Å². The van der Waals surface area contributed by atoms with Crippen LogP contribution in [0.5, 0.6) is 0 Å². The molecule has 0 aliphatic heterocycles. The highest BCUT2D eigenvalue weighted by Crippen LogP contribution is 2.43. The predicted molar refractivity (Wildman–Crippen MR) is 343 cm³/mol. The van der Waals surface area contributed by atoms with Crippen LogP contribution in [0.2, 0.25) is 0 Å². The maximum absolute atomic E-state index is 12.7. The molecule has 3 N–H and O–H groups in total. The van der Waals surface area contributed by atoms with Gasteiger partial charge in [0.15, 0.2) is 29.5 Å². The second-order valence-electron chi connectivity index (χ2n) is 21.2. The van der Waals surface area contributed by atoms with Crippen molar-refractivity contribution in [3.8, 4) is 0 Å². The van der Waals surface area contributed by atoms with Crippen LogP contribution in [0.3, 0.4) is 0 Å². The average Bonchev–Trinajstić information content (AvgIpc) is 0.882. The number of carbonyl (C=O) groups is 1. The maximum Gasteiger partial charge on any atom is 0.180 e. The van der Waals surface area contributed by atoms with Gasteiger partial charge in [-0.15, -0.1) is 11.6 Å². The summed E-state index contributed by atoms with van der Waals surface area (Å²) >= 11 is 4.61. The second-order valence-corrected chi connectivity index (χ2v) is 27.3. The number of sulfone groups is 3. The number of benzene rings is 6. The van der Waals surface area contributed by atoms with Gasteiger partial charge in [-0.3, -0.25) is 0 Å². The summed E-state index contributed by atoms with van der Waals surface area (Å²) in [5, 5.41) is 42.4. The van der Waals surface area contributed by atoms with E-state index in [4.69, 9.17) is 18.2 Å². The van der Waals surface area contributed by atoms with Crippen LogP contribution < -0.4 is 5.11 Å². The highest BCUT2D eigenvalue weighted by Gasteiger charge is 2.35. The number of halogens is 1. The van der Waals surface area contributed by atoms with Gasteiger partial charge in [0.2, 0.25) is 0 Å². The molecule has 0 aliphatic rings. The molecule has 6 aromatic carbocycles. The van der Waals surface area contributed by atoms with E-state index in [2.05, 4.69) is 120 Å². The van der Waals surface area contributed by atoms with Crippen molar-refractivity contribution in [1.82, 2.24) is 0 Å². The molecule has 0 spiro atoms. The number of aryl methyl sites for hydroxylation is 4. The first-order valence-electron chi connectivity index (χ1n) is 29.9. The molecular weight excluding hydrogens is 1150 g/mol. The fraction of sp³-hybridized carbons (Fsp3) is 0.433. The Bertz CT molecular complexity index is 3200. The van der Waals surface area contributed by atoms with E-state index in [-0.39, 0.29) is 37.4 Å². The van der Waals surface area contributed by atoms with E-state index in [1.807, 2.05) is 20.8 Å². The van der Waals surface area contributed by atoms with Crippen molar-refractivity contribution in [3.05, 3.63) is 214 Å². The van der Waals surface area contributed by atoms with Crippen LogP contribution in [-0.4, -0.2) is 95.0 Å². The highest BCUT2D eigenvalue weighted by molar-refractivity contribution is 7.92. The lowest BCUT2D eigenvalue weighted by Gasteiger charge is -2.36. The normalized spacial score (nSPS) is 12.7. The fourth-order valence-corrected chi connectivity index (χ4v) is 13.6. The molecule has 0 aromatic heterocycles. The summed E-state index contributed by atoms with van der Waals surface area (Å²) in [6.45, 7) is 13.0. The third-order valence-corrected chi connectivity index (χ3v) is 19.4. The smallest absolute Gasteiger partial charge is 0.180 e. The van der Waals surface area contributed by atoms with Crippen LogP contribution in [0, 0.1) is 34.6 Å². The number of azide groups is 1. The zero-order valence-corrected chi connectivity index (χ0v) is 53.2. The van der Waals surface area contributed by atoms with Gasteiger partial charge in [-0.25, -0.2) is 25.3 Å². The molecule has 14 nitrogen and oxygen atoms in total. The molecule has 0 aliphatic carbocycles. The molecule has 0 saturated carbocycles. The van der Waals surface area contributed by atoms with Gasteiger partial charge in [0.1, 0.15) is 0 Å². The Labute approximate surface area is 516 Å². The minimum Gasteiger partial charge on any atom is -0.550 e. The monoisotopic (exact) mass is 1250 g/mol. The van der Waals surface area contributed by atoms with Gasteiger partial charge in [-0.2, -0.15) is 0 Å². The van der Waals surface area contributed by atoms with Crippen molar-refractivity contribution in [3.63, 3.8) is 0 Å². The Morgan fingerprint density at radius 3 is 1.13 bits per heavy atom. The molecule has 0 bridgehead atoms. The first-order valence-corrected chi connectivity index (χ1v) is 34.1. The van der Waals surface area contributed by atoms with Crippen LogP contribution in [0.15, 0.2) is 178 Å². The zero-order valence-electron chi connectivity index (χ0n) is 52.0. The first kappa shape index (κ1) is 71.5. The van der Waals surface area contributed by atoms with Crippen LogP contribution in [0.25, 0.3) is 10.4 Å². The third kappa shape index (κ3) is 28.8. The van der Waals surface area contributed by atoms with E-state index in [0.29, 0.717) is 32.2 Å². The van der Waals surface area contributed by atoms with E-state index in [0.717, 1.165) is 94.2 Å². The summed E-state index contributed by atoms with van der Waals surface area (Å²) < 4.78 is 85.7. The second kappa shape index (κ2) is 40.4. The Morgan fingerprint density at radius 1 is 0.529 bits per heavy atom. The first-order chi connectivity index (χ1) is 41.2. The number of nitrogens with zero attached hydrogens (tertiary/aromatic N) is 3. The van der Waals surface area contributed by atoms with Crippen molar-refractivity contribution in [2.45, 2.75) is 169 Å². The van der Waals surface area contributed by atoms with Crippen molar-refractivity contribution >= 4 is 47.1 Å². The van der Waals surface area contributed by atoms with Crippen molar-refractivity contribution in [1.29, 1.82) is 0 Å². The lowest BCUT2D eigenvalue weighted by molar-refractivity contribution is -0.302. The molecule has 0 fully saturated rings. The number of carboxylic acids is 1. The molecule has 0 radical (unpaired) electrons. The van der Waals surface area contributed by atoms with Gasteiger partial charge in [-0.1, -0.05) is 194 Å². The Kier molecular flexibility index (Phi) is 34.0. The number of hydrogen-bond donors (Lipinski definition) is 3. The van der Waals surface area contributed by atoms with E-state index in [1.54, 1.807) is 72.8 Å². The van der Waals surface area contributed by atoms with Crippen LogP contribution >= 0.6 is 11.6 Å². The zero-order chi connectivity index (χ0) is 64.9. The minimum absolute atomic E-state index is 0.194. The van der Waals surface area contributed by atoms with Crippen LogP contribution in [-0.2, 0) is 39.7 Å². The maximum atomic E-state index is 12.7. The highest BCUT2D eigenvalue weighted by atomic mass is 35.5. The standard InChI is InChI=1S/C35H40O3S.C15H23O3S.C14H21N3O3S.C2H4O2.CH3Cl/c1-28-18-22-32(23-19-28)35(30-13-7-5-8-14-30,31-15-9-6-10-16-31)26-12-4-3-11-17-33(36)27-39(37,38)34-24-20-29(2)21-25-34;1-3-4-5-6-7-14(16)12-19(17,18)15-10-8-13(2)9-11-15;1-12-6-8-14(9-7-12)21(19,20)11-13(18)5-3-2-4-10-16-17-15;1-2(3)4;1-2/h5-10,13-16,18-25,33,36H,3-4,11-12,17,26-27H2,1-2H3;8-11,14,16H,1,3-7,12H2,2H3;6-9,13,18H,2-5,10-11H2,1H3;1H3,(H,3,4);1H3/q;+1;;;/p-1/i;;;;1T2. The summed E-state index contributed by atoms with van der Waals surface area (Å²) in [6, 6.07) is 50.7. The molecule has 0 saturated heterocycles. The number of rotatable bonds is 30. The number of carbonyl (C=O) groups excluding carboxylic acids is 1. The van der Waals surface area contributed by atoms with E-state index in [9.17, 15) is 40.6 Å². The molecule has 6 aromatic rings. The number of aliphatic hydroxyl groups is 3. The van der Waals surface area contributed by atoms with Gasteiger partial charge in [-0.05, 0) is 138 Å². The number of aliphatic hydroxyl groups excluding tert-OH is 3. The van der Waals surface area contributed by atoms with Gasteiger partial charge < -0.3 is 25.2 Å². The Hall–Kier alpha value is -6.01. The fourth-order valence-electron chi connectivity index (χ4n) is 9.39. The van der Waals surface area contributed by atoms with E-state index >= 15 is 0 Å². The van der Waals surface area contributed by atoms with Gasteiger partial charge >= 0.3 is 0 Å². The summed E-state index contributed by atoms with van der Waals surface area (Å²) in [5.74, 6) is -1.76. The molecule has 18 heteroatoms. The molecule has 0 amide bonds. The number of aliphatic carboxylic acids is 1. The predicted octanol–water partition coefficient (Wildman–Crippen LogP) is 13.3. The Balaban J connectivity index is 0.000000453. The molecule has 464 valence electrons. The quantitative estimate of drug-likeness (QED) is 0.00727. The Morgan fingerprint density at radius 2 is 0.812 bits per heavy atom. The van der Waals surface area contributed by atoms with Crippen LogP contribution in [0.4, 0.5) is 0 Å². The molecule has 3 atom stereocenters. The lowest BCUT2D eigenvalue weighted by atomic mass is 9.66. The molecule has 6 rings (SSSR count). The summed E-state index contributed by atoms with van der Waals surface area (Å²) in [5.41, 5.74) is 16.0. The number of hydrogen-bond acceptors (Lipinski definition) is 12. The van der Waals surface area contributed by atoms with Crippen LogP contribution in [0.1, 0.15) is 145 Å². The van der Waals surface area contributed by atoms with Crippen molar-refractivity contribution in [2.24, 2.45) is 5.11 Å². The molecule has 85 heavy (non-hydrogen) atoms. The summed E-state index contributed by atoms with van der Waals surface area (Å²) in [4.78, 5) is 12.4. The largest absolute Gasteiger partial charge is 0.550 e. The average molecular weight is 1250 g/mol. The van der Waals surface area contributed by atoms with E-state index in [1.165, 1.54) is 22.3 Å². The molecular formula is C67H90ClN3O11S3. The minimum atomic E-state index is -3.49. The molecule has 0 heterocycles. The summed E-state index contributed by atoms with van der Waals surface area (Å²) in [6.07, 6.45) is 8.55. The SMILES string of the molecule is CC(=O)[O-].Cc1ccc(C(CCCCCCC(O)CS(=O)(=O)c2ccc(C)cc2)(c2ccccc2)c2ccccc2)cc1.Cc1ccc(S(=O)(=O)CC(O)CCCCCN=[N+]=[N-])cc1.[3H]C([3H])Cl.[CH2+]CCCCCC(O)CS(=O)(=O)c1ccc(C)cc1. The number of unbranched alkanes of at least 4 members (excludes halogenated alkanes) is 8. The van der Waals surface area contributed by atoms with Gasteiger partial charge in [0.05, 0.1) is 63.6 Å². The topological polar surface area (TPSA) is 252 Å². The summed E-state index contributed by atoms with van der Waals surface area (Å²) in [7, 11) is -10.3. The van der Waals surface area contributed by atoms with Gasteiger partial charge in [0, 0.05) is 31.9 Å². The molecule has 3 unspecified atom stereocenters. The van der Waals surface area contributed by atoms with Gasteiger partial charge in [0.25, 0.3) is 0 Å². The van der Waals surface area contributed by atoms with Crippen molar-refractivity contribution < 1.29 is 53.2 Å². The number of alkyl halides is 1.